The molecule has 0 aliphatic heterocycles. The number of nitrogens with zero attached hydrogens (tertiary/aromatic N) is 1. The van der Waals surface area contributed by atoms with Crippen LogP contribution in [0.4, 0.5) is 5.69 Å². The Bertz CT molecular complexity index is 436. The van der Waals surface area contributed by atoms with Crippen molar-refractivity contribution in [3.05, 3.63) is 52.1 Å². The summed E-state index contributed by atoms with van der Waals surface area (Å²) in [6.45, 7) is 5.64. The lowest BCUT2D eigenvalue weighted by atomic mass is 10.1. The van der Waals surface area contributed by atoms with Crippen molar-refractivity contribution in [2.45, 2.75) is 13.3 Å². The van der Waals surface area contributed by atoms with Crippen LogP contribution in [0.2, 0.25) is 0 Å². The summed E-state index contributed by atoms with van der Waals surface area (Å²) in [6.07, 6.45) is 0.330. The first-order chi connectivity index (χ1) is 8.04. The Morgan fingerprint density at radius 3 is 2.47 bits per heavy atom. The fourth-order valence-corrected chi connectivity index (χ4v) is 1.29. The van der Waals surface area contributed by atoms with Crippen molar-refractivity contribution in [1.82, 2.24) is 0 Å². The van der Waals surface area contributed by atoms with Gasteiger partial charge in [0.05, 0.1) is 11.5 Å². The van der Waals surface area contributed by atoms with Crippen LogP contribution in [-0.4, -0.2) is 17.5 Å². The van der Waals surface area contributed by atoms with Gasteiger partial charge in [0.2, 0.25) is 0 Å². The van der Waals surface area contributed by atoms with E-state index in [1.54, 1.807) is 19.1 Å². The smallest absolute Gasteiger partial charge is 0.333 e. The number of ether oxygens (including phenoxy) is 1. The molecule has 0 amide bonds. The number of carbonyl (C=O) groups is 1. The fourth-order valence-electron chi connectivity index (χ4n) is 1.29. The molecular weight excluding hydrogens is 222 g/mol. The van der Waals surface area contributed by atoms with Crippen molar-refractivity contribution in [1.29, 1.82) is 0 Å². The van der Waals surface area contributed by atoms with E-state index in [9.17, 15) is 14.9 Å². The minimum Gasteiger partial charge on any atom is -0.463 e. The second-order valence-corrected chi connectivity index (χ2v) is 3.42. The van der Waals surface area contributed by atoms with Gasteiger partial charge in [-0.1, -0.05) is 18.7 Å². The molecule has 0 aromatic heterocycles. The summed E-state index contributed by atoms with van der Waals surface area (Å²) in [7, 11) is 0. The zero-order valence-corrected chi connectivity index (χ0v) is 9.51. The SMILES string of the molecule is C=C(Cc1ccc([N+](=O)[O-])cc1)C(=O)OCC. The zero-order chi connectivity index (χ0) is 12.8. The van der Waals surface area contributed by atoms with Gasteiger partial charge >= 0.3 is 5.97 Å². The standard InChI is InChI=1S/C12H13NO4/c1-3-17-12(14)9(2)8-10-4-6-11(7-5-10)13(15)16/h4-7H,2-3,8H2,1H3. The van der Waals surface area contributed by atoms with Gasteiger partial charge in [-0.2, -0.15) is 0 Å². The number of carbonyl (C=O) groups excluding carboxylic acids is 1. The van der Waals surface area contributed by atoms with Gasteiger partial charge in [-0.3, -0.25) is 10.1 Å². The van der Waals surface area contributed by atoms with Gasteiger partial charge in [-0.25, -0.2) is 4.79 Å². The quantitative estimate of drug-likeness (QED) is 0.339. The third-order valence-corrected chi connectivity index (χ3v) is 2.13. The fraction of sp³-hybridized carbons (Fsp3) is 0.250. The Balaban J connectivity index is 2.66. The number of hydrogen-bond donors (Lipinski definition) is 0. The van der Waals surface area contributed by atoms with Crippen LogP contribution < -0.4 is 0 Å². The van der Waals surface area contributed by atoms with Crippen LogP contribution in [0.25, 0.3) is 0 Å². The average molecular weight is 235 g/mol. The van der Waals surface area contributed by atoms with Crippen molar-refractivity contribution < 1.29 is 14.5 Å². The molecule has 0 unspecified atom stereocenters. The van der Waals surface area contributed by atoms with E-state index in [2.05, 4.69) is 6.58 Å². The minimum absolute atomic E-state index is 0.0236. The normalized spacial score (nSPS) is 9.71. The van der Waals surface area contributed by atoms with Gasteiger partial charge in [0.25, 0.3) is 5.69 Å². The van der Waals surface area contributed by atoms with Crippen molar-refractivity contribution in [2.24, 2.45) is 0 Å². The Hall–Kier alpha value is -2.17. The molecule has 0 N–H and O–H groups in total. The third-order valence-electron chi connectivity index (χ3n) is 2.13. The van der Waals surface area contributed by atoms with Gasteiger partial charge in [0, 0.05) is 24.1 Å². The van der Waals surface area contributed by atoms with Crippen LogP contribution in [-0.2, 0) is 16.0 Å². The zero-order valence-electron chi connectivity index (χ0n) is 9.51. The van der Waals surface area contributed by atoms with E-state index in [0.29, 0.717) is 18.6 Å². The molecule has 90 valence electrons. The third kappa shape index (κ3) is 3.71. The molecule has 0 aliphatic rings. The van der Waals surface area contributed by atoms with Crippen LogP contribution in [0.15, 0.2) is 36.4 Å². The number of nitro benzene ring substituents is 1. The largest absolute Gasteiger partial charge is 0.463 e. The van der Waals surface area contributed by atoms with Crippen molar-refractivity contribution in [3.63, 3.8) is 0 Å². The highest BCUT2D eigenvalue weighted by molar-refractivity contribution is 5.88. The topological polar surface area (TPSA) is 69.4 Å². The number of nitro groups is 1. The van der Waals surface area contributed by atoms with Crippen LogP contribution in [0.5, 0.6) is 0 Å². The first-order valence-electron chi connectivity index (χ1n) is 5.12. The Morgan fingerprint density at radius 1 is 1.41 bits per heavy atom. The summed E-state index contributed by atoms with van der Waals surface area (Å²) in [6, 6.07) is 5.99. The van der Waals surface area contributed by atoms with Gasteiger partial charge in [0.15, 0.2) is 0 Å². The highest BCUT2D eigenvalue weighted by Gasteiger charge is 2.10. The molecule has 1 rings (SSSR count). The highest BCUT2D eigenvalue weighted by atomic mass is 16.6. The molecule has 0 aliphatic carbocycles. The summed E-state index contributed by atoms with van der Waals surface area (Å²) in [5.41, 5.74) is 1.14. The van der Waals surface area contributed by atoms with Gasteiger partial charge in [-0.15, -0.1) is 0 Å². The minimum atomic E-state index is -0.468. The molecule has 0 bridgehead atoms. The summed E-state index contributed by atoms with van der Waals surface area (Å²) >= 11 is 0. The van der Waals surface area contributed by atoms with Crippen LogP contribution >= 0.6 is 0 Å². The first kappa shape index (κ1) is 12.9. The molecule has 17 heavy (non-hydrogen) atoms. The van der Waals surface area contributed by atoms with Crippen molar-refractivity contribution >= 4 is 11.7 Å². The maximum absolute atomic E-state index is 11.3. The molecule has 0 radical (unpaired) electrons. The predicted octanol–water partition coefficient (Wildman–Crippen LogP) is 2.26. The Morgan fingerprint density at radius 2 is 2.00 bits per heavy atom. The van der Waals surface area contributed by atoms with E-state index in [1.165, 1.54) is 12.1 Å². The lowest BCUT2D eigenvalue weighted by molar-refractivity contribution is -0.384. The number of non-ortho nitro benzene ring substituents is 1. The summed E-state index contributed by atoms with van der Waals surface area (Å²) < 4.78 is 4.79. The van der Waals surface area contributed by atoms with Gasteiger partial charge in [-0.05, 0) is 12.5 Å². The Kier molecular flexibility index (Phi) is 4.39. The summed E-state index contributed by atoms with van der Waals surface area (Å²) in [5, 5.41) is 10.4. The molecule has 1 aromatic rings. The molecule has 0 heterocycles. The molecule has 5 nitrogen and oxygen atoms in total. The second-order valence-electron chi connectivity index (χ2n) is 3.42. The van der Waals surface area contributed by atoms with Crippen molar-refractivity contribution in [2.75, 3.05) is 6.61 Å². The van der Waals surface area contributed by atoms with E-state index in [-0.39, 0.29) is 5.69 Å². The first-order valence-corrected chi connectivity index (χ1v) is 5.12. The molecule has 0 spiro atoms. The number of hydrogen-bond acceptors (Lipinski definition) is 4. The molecule has 0 saturated heterocycles. The van der Waals surface area contributed by atoms with E-state index in [0.717, 1.165) is 5.56 Å². The molecule has 0 atom stereocenters. The second kappa shape index (κ2) is 5.79. The summed E-state index contributed by atoms with van der Waals surface area (Å²) in [4.78, 5) is 21.3. The van der Waals surface area contributed by atoms with Crippen molar-refractivity contribution in [3.8, 4) is 0 Å². The van der Waals surface area contributed by atoms with E-state index >= 15 is 0 Å². The number of rotatable bonds is 5. The maximum atomic E-state index is 11.3. The highest BCUT2D eigenvalue weighted by Crippen LogP contribution is 2.14. The molecule has 0 fully saturated rings. The lowest BCUT2D eigenvalue weighted by Gasteiger charge is -2.04. The lowest BCUT2D eigenvalue weighted by Crippen LogP contribution is -2.08. The van der Waals surface area contributed by atoms with E-state index in [4.69, 9.17) is 4.74 Å². The van der Waals surface area contributed by atoms with E-state index in [1.807, 2.05) is 0 Å². The summed E-state index contributed by atoms with van der Waals surface area (Å²) in [5.74, 6) is -0.439. The number of esters is 1. The maximum Gasteiger partial charge on any atom is 0.333 e. The number of benzene rings is 1. The monoisotopic (exact) mass is 235 g/mol. The molecule has 1 aromatic carbocycles. The van der Waals surface area contributed by atoms with Crippen LogP contribution in [0, 0.1) is 10.1 Å². The molecule has 5 heteroatoms. The van der Waals surface area contributed by atoms with E-state index < -0.39 is 10.9 Å². The molecule has 0 saturated carbocycles. The van der Waals surface area contributed by atoms with Gasteiger partial charge < -0.3 is 4.74 Å². The Labute approximate surface area is 98.9 Å². The van der Waals surface area contributed by atoms with Gasteiger partial charge in [0.1, 0.15) is 0 Å². The van der Waals surface area contributed by atoms with Crippen LogP contribution in [0.3, 0.4) is 0 Å². The predicted molar refractivity (Wildman–Crippen MR) is 62.6 cm³/mol. The van der Waals surface area contributed by atoms with Crippen LogP contribution in [0.1, 0.15) is 12.5 Å². The molecular formula is C12H13NO4. The average Bonchev–Trinajstić information content (AvgIpc) is 2.30.